The summed E-state index contributed by atoms with van der Waals surface area (Å²) in [5.41, 5.74) is 2.12. The molecule has 1 aromatic heterocycles. The second-order valence-electron chi connectivity index (χ2n) is 5.49. The minimum Gasteiger partial charge on any atom is -0.492 e. The molecule has 0 saturated carbocycles. The first-order valence-corrected chi connectivity index (χ1v) is 7.88. The lowest BCUT2D eigenvalue weighted by molar-refractivity contribution is 0.0787. The van der Waals surface area contributed by atoms with Crippen molar-refractivity contribution in [3.05, 3.63) is 64.8 Å². The summed E-state index contributed by atoms with van der Waals surface area (Å²) >= 11 is 5.96. The molecular formula is C18H16ClN3O2. The maximum absolute atomic E-state index is 12.5. The second-order valence-corrected chi connectivity index (χ2v) is 5.93. The van der Waals surface area contributed by atoms with Gasteiger partial charge in [0.25, 0.3) is 5.91 Å². The van der Waals surface area contributed by atoms with E-state index in [9.17, 15) is 9.90 Å². The van der Waals surface area contributed by atoms with Crippen LogP contribution in [0.25, 0.3) is 11.0 Å². The van der Waals surface area contributed by atoms with Gasteiger partial charge in [-0.1, -0.05) is 35.9 Å². The number of para-hydroxylation sites is 2. The van der Waals surface area contributed by atoms with Crippen LogP contribution in [0.1, 0.15) is 16.1 Å². The summed E-state index contributed by atoms with van der Waals surface area (Å²) in [4.78, 5) is 22.3. The van der Waals surface area contributed by atoms with Crippen molar-refractivity contribution in [2.24, 2.45) is 0 Å². The van der Waals surface area contributed by atoms with Gasteiger partial charge in [-0.25, -0.2) is 9.97 Å². The fraction of sp³-hybridized carbons (Fsp3) is 0.167. The van der Waals surface area contributed by atoms with Crippen molar-refractivity contribution in [1.82, 2.24) is 14.9 Å². The first-order valence-electron chi connectivity index (χ1n) is 7.50. The molecule has 2 aromatic carbocycles. The number of carbonyl (C=O) groups excluding carboxylic acids is 1. The summed E-state index contributed by atoms with van der Waals surface area (Å²) in [6, 6.07) is 14.6. The summed E-state index contributed by atoms with van der Waals surface area (Å²) in [6.07, 6.45) is 0.657. The van der Waals surface area contributed by atoms with Gasteiger partial charge in [0, 0.05) is 18.6 Å². The van der Waals surface area contributed by atoms with Crippen LogP contribution >= 0.6 is 11.6 Å². The van der Waals surface area contributed by atoms with E-state index < -0.39 is 0 Å². The van der Waals surface area contributed by atoms with Gasteiger partial charge in [-0.05, 0) is 36.2 Å². The van der Waals surface area contributed by atoms with E-state index in [1.165, 1.54) is 4.90 Å². The standard InChI is InChI=1S/C18H16ClN3O2/c1-22(10-9-12-5-4-6-13(19)11-12)18(24)16-17(23)21-15-8-3-2-7-14(15)20-16/h2-8,11H,9-10H2,1H3,(H,21,23). The molecule has 0 unspecified atom stereocenters. The molecule has 5 nitrogen and oxygen atoms in total. The lowest BCUT2D eigenvalue weighted by Gasteiger charge is -2.17. The van der Waals surface area contributed by atoms with E-state index in [0.717, 1.165) is 5.56 Å². The van der Waals surface area contributed by atoms with Crippen molar-refractivity contribution in [2.75, 3.05) is 13.6 Å². The quantitative estimate of drug-likeness (QED) is 0.790. The zero-order chi connectivity index (χ0) is 17.1. The highest BCUT2D eigenvalue weighted by molar-refractivity contribution is 6.30. The molecule has 0 fully saturated rings. The second kappa shape index (κ2) is 6.84. The molecule has 24 heavy (non-hydrogen) atoms. The molecule has 0 radical (unpaired) electrons. The summed E-state index contributed by atoms with van der Waals surface area (Å²) < 4.78 is 0. The van der Waals surface area contributed by atoms with Crippen LogP contribution in [0.2, 0.25) is 5.02 Å². The van der Waals surface area contributed by atoms with Crippen molar-refractivity contribution in [3.63, 3.8) is 0 Å². The third kappa shape index (κ3) is 3.46. The Balaban J connectivity index is 1.77. The van der Waals surface area contributed by atoms with E-state index in [0.29, 0.717) is 29.0 Å². The van der Waals surface area contributed by atoms with E-state index in [1.807, 2.05) is 30.3 Å². The molecule has 0 aliphatic rings. The van der Waals surface area contributed by atoms with Crippen LogP contribution in [0.5, 0.6) is 5.88 Å². The zero-order valence-electron chi connectivity index (χ0n) is 13.1. The third-order valence-electron chi connectivity index (χ3n) is 3.73. The van der Waals surface area contributed by atoms with Crippen LogP contribution in [-0.2, 0) is 6.42 Å². The summed E-state index contributed by atoms with van der Waals surface area (Å²) in [5, 5.41) is 10.7. The number of hydrogen-bond donors (Lipinski definition) is 1. The summed E-state index contributed by atoms with van der Waals surface area (Å²) in [7, 11) is 1.67. The van der Waals surface area contributed by atoms with Crippen LogP contribution in [0.4, 0.5) is 0 Å². The van der Waals surface area contributed by atoms with E-state index in [-0.39, 0.29) is 17.5 Å². The van der Waals surface area contributed by atoms with Gasteiger partial charge in [-0.15, -0.1) is 0 Å². The normalized spacial score (nSPS) is 10.8. The fourth-order valence-corrected chi connectivity index (χ4v) is 2.62. The van der Waals surface area contributed by atoms with Crippen molar-refractivity contribution in [3.8, 4) is 5.88 Å². The molecule has 0 bridgehead atoms. The Morgan fingerprint density at radius 1 is 1.12 bits per heavy atom. The van der Waals surface area contributed by atoms with Gasteiger partial charge in [0.05, 0.1) is 11.0 Å². The van der Waals surface area contributed by atoms with E-state index in [2.05, 4.69) is 9.97 Å². The lowest BCUT2D eigenvalue weighted by Crippen LogP contribution is -2.29. The topological polar surface area (TPSA) is 66.3 Å². The number of fused-ring (bicyclic) bond motifs is 1. The number of amides is 1. The number of hydrogen-bond acceptors (Lipinski definition) is 4. The number of halogens is 1. The first-order chi connectivity index (χ1) is 11.5. The van der Waals surface area contributed by atoms with Gasteiger partial charge in [0.1, 0.15) is 0 Å². The van der Waals surface area contributed by atoms with Gasteiger partial charge in [0.15, 0.2) is 5.69 Å². The van der Waals surface area contributed by atoms with E-state index in [4.69, 9.17) is 11.6 Å². The van der Waals surface area contributed by atoms with Crippen LogP contribution < -0.4 is 0 Å². The molecule has 6 heteroatoms. The van der Waals surface area contributed by atoms with Crippen molar-refractivity contribution in [1.29, 1.82) is 0 Å². The zero-order valence-corrected chi connectivity index (χ0v) is 13.9. The number of aromatic nitrogens is 2. The van der Waals surface area contributed by atoms with Gasteiger partial charge >= 0.3 is 0 Å². The predicted octanol–water partition coefficient (Wildman–Crippen LogP) is 3.30. The Hall–Kier alpha value is -2.66. The average Bonchev–Trinajstić information content (AvgIpc) is 2.58. The minimum atomic E-state index is -0.368. The number of benzene rings is 2. The Kier molecular flexibility index (Phi) is 4.62. The fourth-order valence-electron chi connectivity index (χ4n) is 2.41. The highest BCUT2D eigenvalue weighted by atomic mass is 35.5. The van der Waals surface area contributed by atoms with Crippen LogP contribution in [0, 0.1) is 0 Å². The molecule has 0 saturated heterocycles. The molecule has 0 aliphatic heterocycles. The molecule has 1 amide bonds. The largest absolute Gasteiger partial charge is 0.492 e. The Morgan fingerprint density at radius 3 is 2.54 bits per heavy atom. The summed E-state index contributed by atoms with van der Waals surface area (Å²) in [6.45, 7) is 0.479. The van der Waals surface area contributed by atoms with E-state index >= 15 is 0 Å². The Morgan fingerprint density at radius 2 is 1.83 bits per heavy atom. The van der Waals surface area contributed by atoms with Crippen molar-refractivity contribution < 1.29 is 9.90 Å². The van der Waals surface area contributed by atoms with Crippen LogP contribution in [0.3, 0.4) is 0 Å². The lowest BCUT2D eigenvalue weighted by atomic mass is 10.1. The third-order valence-corrected chi connectivity index (χ3v) is 3.96. The SMILES string of the molecule is CN(CCc1cccc(Cl)c1)C(=O)c1nc2ccccc2nc1O. The maximum Gasteiger partial charge on any atom is 0.277 e. The highest BCUT2D eigenvalue weighted by Crippen LogP contribution is 2.19. The van der Waals surface area contributed by atoms with E-state index in [1.54, 1.807) is 25.2 Å². The molecule has 0 atom stereocenters. The van der Waals surface area contributed by atoms with Gasteiger partial charge in [-0.3, -0.25) is 4.79 Å². The van der Waals surface area contributed by atoms with Crippen LogP contribution in [-0.4, -0.2) is 39.5 Å². The number of likely N-dealkylation sites (N-methyl/N-ethyl adjacent to an activating group) is 1. The van der Waals surface area contributed by atoms with Gasteiger partial charge < -0.3 is 10.0 Å². The molecule has 1 heterocycles. The molecule has 1 N–H and O–H groups in total. The monoisotopic (exact) mass is 341 g/mol. The van der Waals surface area contributed by atoms with Crippen molar-refractivity contribution in [2.45, 2.75) is 6.42 Å². The summed E-state index contributed by atoms with van der Waals surface area (Å²) in [5.74, 6) is -0.721. The highest BCUT2D eigenvalue weighted by Gasteiger charge is 2.19. The predicted molar refractivity (Wildman–Crippen MR) is 93.3 cm³/mol. The molecule has 0 aliphatic carbocycles. The van der Waals surface area contributed by atoms with Crippen molar-refractivity contribution >= 4 is 28.5 Å². The number of aromatic hydroxyl groups is 1. The van der Waals surface area contributed by atoms with Gasteiger partial charge in [0.2, 0.25) is 5.88 Å². The Labute approximate surface area is 144 Å². The first kappa shape index (κ1) is 16.2. The number of nitrogens with zero attached hydrogens (tertiary/aromatic N) is 3. The number of rotatable bonds is 4. The maximum atomic E-state index is 12.5. The van der Waals surface area contributed by atoms with Gasteiger partial charge in [-0.2, -0.15) is 0 Å². The number of carbonyl (C=O) groups is 1. The molecule has 0 spiro atoms. The smallest absolute Gasteiger partial charge is 0.277 e. The molecule has 3 rings (SSSR count). The minimum absolute atomic E-state index is 0.0395. The Bertz CT molecular complexity index is 898. The average molecular weight is 342 g/mol. The molecule has 122 valence electrons. The van der Waals surface area contributed by atoms with Crippen LogP contribution in [0.15, 0.2) is 48.5 Å². The molecule has 3 aromatic rings. The molecular weight excluding hydrogens is 326 g/mol.